The molecular formula is C24H26F9N3O6S. The molecule has 4 heterocycles. The number of fused-ring (bicyclic) bond motifs is 1. The van der Waals surface area contributed by atoms with Crippen LogP contribution < -0.4 is 0 Å². The third-order valence-corrected chi connectivity index (χ3v) is 6.65. The summed E-state index contributed by atoms with van der Waals surface area (Å²) < 4.78 is 95.2. The Balaban J connectivity index is 0.000000363. The molecule has 242 valence electrons. The molecule has 2 aromatic rings. The Morgan fingerprint density at radius 1 is 0.767 bits per heavy atom. The smallest absolute Gasteiger partial charge is 0.475 e. The van der Waals surface area contributed by atoms with E-state index in [1.807, 2.05) is 29.8 Å². The third-order valence-electron chi connectivity index (χ3n) is 5.67. The Labute approximate surface area is 242 Å². The third kappa shape index (κ3) is 14.5. The SMILES string of the molecule is Cc1ccc(CN2CC3CN(Cc4cccnc4)CC3C2)s1.O=C(O)C(F)(F)F.O=C(O)C(F)(F)F.O=C(O)C(F)(F)F. The first-order valence-electron chi connectivity index (χ1n) is 11.9. The van der Waals surface area contributed by atoms with E-state index in [0.29, 0.717) is 0 Å². The minimum atomic E-state index is -5.08. The molecule has 2 atom stereocenters. The number of thiophene rings is 1. The standard InChI is InChI=1S/C18H23N3S.3C2HF3O2/c1-14-4-5-18(22-14)13-21-11-16-9-20(10-17(16)12-21)8-15-3-2-6-19-7-15;3*3-2(4,5)1(6)7/h2-7,16-17H,8-13H2,1H3;3*(H,6,7). The van der Waals surface area contributed by atoms with Gasteiger partial charge in [-0.15, -0.1) is 11.3 Å². The molecule has 2 unspecified atom stereocenters. The molecule has 0 saturated carbocycles. The second-order valence-electron chi connectivity index (χ2n) is 9.19. The fourth-order valence-electron chi connectivity index (χ4n) is 3.99. The van der Waals surface area contributed by atoms with Gasteiger partial charge in [0, 0.05) is 61.4 Å². The Kier molecular flexibility index (Phi) is 13.9. The van der Waals surface area contributed by atoms with E-state index in [2.05, 4.69) is 39.9 Å². The van der Waals surface area contributed by atoms with E-state index in [1.54, 1.807) is 0 Å². The molecule has 0 spiro atoms. The van der Waals surface area contributed by atoms with Crippen molar-refractivity contribution in [2.75, 3.05) is 26.2 Å². The number of carbonyl (C=O) groups is 3. The van der Waals surface area contributed by atoms with E-state index < -0.39 is 36.4 Å². The summed E-state index contributed by atoms with van der Waals surface area (Å²) in [4.78, 5) is 39.1. The molecule has 2 aromatic heterocycles. The van der Waals surface area contributed by atoms with Gasteiger partial charge in [-0.3, -0.25) is 14.8 Å². The lowest BCUT2D eigenvalue weighted by atomic mass is 10.0. The van der Waals surface area contributed by atoms with Crippen LogP contribution in [0.3, 0.4) is 0 Å². The molecule has 2 fully saturated rings. The number of hydrogen-bond acceptors (Lipinski definition) is 7. The Morgan fingerprint density at radius 3 is 1.47 bits per heavy atom. The summed E-state index contributed by atoms with van der Waals surface area (Å²) in [6, 6.07) is 8.76. The average molecular weight is 656 g/mol. The van der Waals surface area contributed by atoms with Crippen molar-refractivity contribution in [1.29, 1.82) is 0 Å². The van der Waals surface area contributed by atoms with Gasteiger partial charge in [-0.05, 0) is 42.5 Å². The van der Waals surface area contributed by atoms with Gasteiger partial charge in [0.1, 0.15) is 0 Å². The minimum absolute atomic E-state index is 0.859. The molecule has 2 aliphatic rings. The highest BCUT2D eigenvalue weighted by atomic mass is 32.1. The molecule has 43 heavy (non-hydrogen) atoms. The molecule has 0 aromatic carbocycles. The Hall–Kier alpha value is -3.45. The van der Waals surface area contributed by atoms with Crippen molar-refractivity contribution in [2.24, 2.45) is 11.8 Å². The molecule has 2 saturated heterocycles. The number of nitrogens with zero attached hydrogens (tertiary/aromatic N) is 3. The fourth-order valence-corrected chi connectivity index (χ4v) is 4.92. The maximum Gasteiger partial charge on any atom is 0.490 e. The molecule has 2 aliphatic heterocycles. The van der Waals surface area contributed by atoms with Crippen molar-refractivity contribution < 1.29 is 69.2 Å². The van der Waals surface area contributed by atoms with Gasteiger partial charge in [-0.2, -0.15) is 39.5 Å². The van der Waals surface area contributed by atoms with Crippen LogP contribution in [-0.2, 0) is 27.5 Å². The number of halogens is 9. The molecule has 0 bridgehead atoms. The van der Waals surface area contributed by atoms with Gasteiger partial charge in [-0.25, -0.2) is 14.4 Å². The van der Waals surface area contributed by atoms with Crippen molar-refractivity contribution in [3.63, 3.8) is 0 Å². The van der Waals surface area contributed by atoms with Crippen molar-refractivity contribution in [1.82, 2.24) is 14.8 Å². The molecule has 9 nitrogen and oxygen atoms in total. The number of aryl methyl sites for hydroxylation is 1. The summed E-state index contributed by atoms with van der Waals surface area (Å²) in [7, 11) is 0. The number of carboxylic acid groups (broad SMARTS) is 3. The molecule has 19 heteroatoms. The topological polar surface area (TPSA) is 131 Å². The van der Waals surface area contributed by atoms with Crippen LogP contribution in [0.5, 0.6) is 0 Å². The van der Waals surface area contributed by atoms with Crippen molar-refractivity contribution in [2.45, 2.75) is 38.5 Å². The molecule has 4 rings (SSSR count). The number of likely N-dealkylation sites (tertiary alicyclic amines) is 2. The molecular weight excluding hydrogens is 629 g/mol. The summed E-state index contributed by atoms with van der Waals surface area (Å²) in [5, 5.41) is 21.4. The highest BCUT2D eigenvalue weighted by Gasteiger charge is 2.40. The van der Waals surface area contributed by atoms with E-state index >= 15 is 0 Å². The summed E-state index contributed by atoms with van der Waals surface area (Å²) in [5.41, 5.74) is 1.34. The van der Waals surface area contributed by atoms with E-state index in [4.69, 9.17) is 29.7 Å². The molecule has 0 amide bonds. The number of alkyl halides is 9. The monoisotopic (exact) mass is 655 g/mol. The van der Waals surface area contributed by atoms with Gasteiger partial charge >= 0.3 is 36.4 Å². The Bertz CT molecular complexity index is 1120. The Morgan fingerprint density at radius 2 is 1.16 bits per heavy atom. The van der Waals surface area contributed by atoms with E-state index in [0.717, 1.165) is 24.9 Å². The average Bonchev–Trinajstić information content (AvgIpc) is 3.54. The van der Waals surface area contributed by atoms with Crippen LogP contribution in [0.1, 0.15) is 15.3 Å². The molecule has 0 radical (unpaired) electrons. The predicted octanol–water partition coefficient (Wildman–Crippen LogP) is 4.92. The van der Waals surface area contributed by atoms with Crippen LogP contribution in [0, 0.1) is 18.8 Å². The highest BCUT2D eigenvalue weighted by Crippen LogP contribution is 2.33. The van der Waals surface area contributed by atoms with Crippen molar-refractivity contribution in [3.05, 3.63) is 52.0 Å². The second kappa shape index (κ2) is 15.9. The first-order chi connectivity index (χ1) is 19.6. The summed E-state index contributed by atoms with van der Waals surface area (Å²) >= 11 is 1.95. The van der Waals surface area contributed by atoms with Crippen molar-refractivity contribution >= 4 is 29.2 Å². The zero-order valence-corrected chi connectivity index (χ0v) is 22.9. The van der Waals surface area contributed by atoms with Gasteiger partial charge in [0.15, 0.2) is 0 Å². The summed E-state index contributed by atoms with van der Waals surface area (Å²) in [6.07, 6.45) is -11.4. The summed E-state index contributed by atoms with van der Waals surface area (Å²) in [6.45, 7) is 9.44. The number of aromatic nitrogens is 1. The maximum absolute atomic E-state index is 10.6. The van der Waals surface area contributed by atoms with Gasteiger partial charge in [-0.1, -0.05) is 6.07 Å². The van der Waals surface area contributed by atoms with Crippen LogP contribution in [0.25, 0.3) is 0 Å². The van der Waals surface area contributed by atoms with Crippen LogP contribution in [-0.4, -0.2) is 92.7 Å². The van der Waals surface area contributed by atoms with E-state index in [1.165, 1.54) is 41.5 Å². The van der Waals surface area contributed by atoms with Crippen molar-refractivity contribution in [3.8, 4) is 0 Å². The fraction of sp³-hybridized carbons (Fsp3) is 0.500. The quantitative estimate of drug-likeness (QED) is 0.393. The zero-order chi connectivity index (χ0) is 33.2. The largest absolute Gasteiger partial charge is 0.490 e. The number of pyridine rings is 1. The van der Waals surface area contributed by atoms with E-state index in [9.17, 15) is 39.5 Å². The minimum Gasteiger partial charge on any atom is -0.475 e. The number of carboxylic acids is 3. The lowest BCUT2D eigenvalue weighted by molar-refractivity contribution is -0.193. The molecule has 3 N–H and O–H groups in total. The predicted molar refractivity (Wildman–Crippen MR) is 132 cm³/mol. The van der Waals surface area contributed by atoms with Crippen LogP contribution in [0.2, 0.25) is 0 Å². The number of rotatable bonds is 4. The van der Waals surface area contributed by atoms with Gasteiger partial charge in [0.05, 0.1) is 0 Å². The van der Waals surface area contributed by atoms with Crippen LogP contribution in [0.15, 0.2) is 36.7 Å². The normalized spacial score (nSPS) is 18.7. The summed E-state index contributed by atoms with van der Waals surface area (Å²) in [5.74, 6) is -6.55. The first-order valence-corrected chi connectivity index (χ1v) is 12.7. The van der Waals surface area contributed by atoms with E-state index in [-0.39, 0.29) is 0 Å². The van der Waals surface area contributed by atoms with Gasteiger partial charge in [0.25, 0.3) is 0 Å². The second-order valence-corrected chi connectivity index (χ2v) is 10.6. The lowest BCUT2D eigenvalue weighted by Gasteiger charge is -2.20. The van der Waals surface area contributed by atoms with Crippen LogP contribution >= 0.6 is 11.3 Å². The maximum atomic E-state index is 10.6. The van der Waals surface area contributed by atoms with Crippen LogP contribution in [0.4, 0.5) is 39.5 Å². The molecule has 0 aliphatic carbocycles. The number of aliphatic carboxylic acids is 3. The van der Waals surface area contributed by atoms with Gasteiger partial charge in [0.2, 0.25) is 0 Å². The number of hydrogen-bond donors (Lipinski definition) is 3. The lowest BCUT2D eigenvalue weighted by Crippen LogP contribution is -2.28. The first kappa shape index (κ1) is 37.6. The highest BCUT2D eigenvalue weighted by molar-refractivity contribution is 7.11. The van der Waals surface area contributed by atoms with Gasteiger partial charge < -0.3 is 15.3 Å². The zero-order valence-electron chi connectivity index (χ0n) is 22.1.